The summed E-state index contributed by atoms with van der Waals surface area (Å²) in [6, 6.07) is 5.54. The Balaban J connectivity index is 1.53. The molecule has 1 aromatic carbocycles. The Morgan fingerprint density at radius 2 is 1.83 bits per heavy atom. The standard InChI is InChI=1S/C24H34O6/c1-16(2)23(26)28-11-10-27-22-12-19(8-9-20(22)13-25)24-29-14-21(15-30-24)18-6-4-17(3)5-7-18/h8-9,12,17-18,21,24-25H,1,4-7,10-11,13-15H2,2-3H3. The van der Waals surface area contributed by atoms with E-state index >= 15 is 0 Å². The molecular weight excluding hydrogens is 384 g/mol. The summed E-state index contributed by atoms with van der Waals surface area (Å²) in [4.78, 5) is 11.4. The first kappa shape index (κ1) is 22.8. The molecule has 6 nitrogen and oxygen atoms in total. The van der Waals surface area contributed by atoms with E-state index in [0.29, 0.717) is 41.9 Å². The maximum absolute atomic E-state index is 11.4. The summed E-state index contributed by atoms with van der Waals surface area (Å²) >= 11 is 0. The molecule has 1 aliphatic carbocycles. The second-order valence-corrected chi connectivity index (χ2v) is 8.57. The molecule has 1 N–H and O–H groups in total. The minimum atomic E-state index is -0.444. The second-order valence-electron chi connectivity index (χ2n) is 8.57. The van der Waals surface area contributed by atoms with Gasteiger partial charge in [-0.2, -0.15) is 0 Å². The van der Waals surface area contributed by atoms with Gasteiger partial charge in [0.25, 0.3) is 0 Å². The number of esters is 1. The molecule has 0 amide bonds. The minimum absolute atomic E-state index is 0.110. The van der Waals surface area contributed by atoms with Crippen molar-refractivity contribution in [2.24, 2.45) is 17.8 Å². The van der Waals surface area contributed by atoms with Gasteiger partial charge in [-0.25, -0.2) is 4.79 Å². The van der Waals surface area contributed by atoms with Gasteiger partial charge in [0.1, 0.15) is 19.0 Å². The van der Waals surface area contributed by atoms with Gasteiger partial charge in [-0.15, -0.1) is 0 Å². The van der Waals surface area contributed by atoms with Crippen LogP contribution in [0.5, 0.6) is 5.75 Å². The number of carbonyl (C=O) groups is 1. The Bertz CT molecular complexity index is 714. The number of rotatable bonds is 8. The fourth-order valence-electron chi connectivity index (χ4n) is 4.13. The van der Waals surface area contributed by atoms with Gasteiger partial charge in [0.15, 0.2) is 6.29 Å². The first-order valence-electron chi connectivity index (χ1n) is 10.9. The van der Waals surface area contributed by atoms with Crippen LogP contribution in [0.2, 0.25) is 0 Å². The molecule has 0 unspecified atom stereocenters. The van der Waals surface area contributed by atoms with E-state index in [9.17, 15) is 9.90 Å². The van der Waals surface area contributed by atoms with E-state index in [1.807, 2.05) is 18.2 Å². The summed E-state index contributed by atoms with van der Waals surface area (Å²) in [5.41, 5.74) is 1.87. The van der Waals surface area contributed by atoms with Crippen molar-refractivity contribution >= 4 is 5.97 Å². The molecule has 1 aromatic rings. The SMILES string of the molecule is C=C(C)C(=O)OCCOc1cc(C2OCC(C3CCC(C)CC3)CO2)ccc1CO. The molecule has 166 valence electrons. The summed E-state index contributed by atoms with van der Waals surface area (Å²) < 4.78 is 22.9. The lowest BCUT2D eigenvalue weighted by atomic mass is 9.76. The van der Waals surface area contributed by atoms with Gasteiger partial charge in [0.2, 0.25) is 0 Å². The summed E-state index contributed by atoms with van der Waals surface area (Å²) in [5, 5.41) is 9.60. The van der Waals surface area contributed by atoms with Crippen molar-refractivity contribution in [1.82, 2.24) is 0 Å². The highest BCUT2D eigenvalue weighted by Crippen LogP contribution is 2.37. The van der Waals surface area contributed by atoms with E-state index in [2.05, 4.69) is 13.5 Å². The van der Waals surface area contributed by atoms with Crippen molar-refractivity contribution < 1.29 is 28.8 Å². The lowest BCUT2D eigenvalue weighted by molar-refractivity contribution is -0.214. The van der Waals surface area contributed by atoms with Gasteiger partial charge < -0.3 is 24.1 Å². The van der Waals surface area contributed by atoms with Crippen LogP contribution < -0.4 is 4.74 Å². The average molecular weight is 419 g/mol. The molecule has 0 aromatic heterocycles. The monoisotopic (exact) mass is 418 g/mol. The Labute approximate surface area is 179 Å². The third-order valence-electron chi connectivity index (χ3n) is 6.11. The maximum atomic E-state index is 11.4. The van der Waals surface area contributed by atoms with E-state index in [1.54, 1.807) is 6.92 Å². The number of hydrogen-bond donors (Lipinski definition) is 1. The molecule has 30 heavy (non-hydrogen) atoms. The predicted molar refractivity (Wildman–Crippen MR) is 113 cm³/mol. The molecule has 2 aliphatic rings. The molecule has 1 saturated heterocycles. The number of benzene rings is 1. The molecule has 0 spiro atoms. The Hall–Kier alpha value is -1.89. The van der Waals surface area contributed by atoms with Crippen molar-refractivity contribution in [1.29, 1.82) is 0 Å². The Morgan fingerprint density at radius 1 is 1.13 bits per heavy atom. The second kappa shape index (κ2) is 10.9. The highest BCUT2D eigenvalue weighted by molar-refractivity contribution is 5.86. The van der Waals surface area contributed by atoms with Crippen LogP contribution >= 0.6 is 0 Å². The normalized spacial score (nSPS) is 26.8. The lowest BCUT2D eigenvalue weighted by Crippen LogP contribution is -2.34. The van der Waals surface area contributed by atoms with E-state index < -0.39 is 12.3 Å². The molecule has 1 saturated carbocycles. The molecule has 2 fully saturated rings. The Morgan fingerprint density at radius 3 is 2.47 bits per heavy atom. The topological polar surface area (TPSA) is 74.2 Å². The third kappa shape index (κ3) is 6.06. The van der Waals surface area contributed by atoms with E-state index in [1.165, 1.54) is 25.7 Å². The van der Waals surface area contributed by atoms with Gasteiger partial charge in [-0.3, -0.25) is 0 Å². The van der Waals surface area contributed by atoms with Crippen molar-refractivity contribution in [3.05, 3.63) is 41.5 Å². The maximum Gasteiger partial charge on any atom is 0.333 e. The summed E-state index contributed by atoms with van der Waals surface area (Å²) in [7, 11) is 0. The zero-order valence-corrected chi connectivity index (χ0v) is 18.1. The van der Waals surface area contributed by atoms with E-state index in [-0.39, 0.29) is 19.8 Å². The minimum Gasteiger partial charge on any atom is -0.490 e. The van der Waals surface area contributed by atoms with Crippen LogP contribution in [0.3, 0.4) is 0 Å². The van der Waals surface area contributed by atoms with Gasteiger partial charge >= 0.3 is 5.97 Å². The van der Waals surface area contributed by atoms with Crippen molar-refractivity contribution in [2.75, 3.05) is 26.4 Å². The van der Waals surface area contributed by atoms with Gasteiger partial charge in [-0.05, 0) is 37.7 Å². The van der Waals surface area contributed by atoms with Crippen LogP contribution in [0.1, 0.15) is 56.9 Å². The molecular formula is C24H34O6. The zero-order valence-electron chi connectivity index (χ0n) is 18.1. The average Bonchev–Trinajstić information content (AvgIpc) is 2.77. The Kier molecular flexibility index (Phi) is 8.31. The van der Waals surface area contributed by atoms with Crippen LogP contribution in [0.15, 0.2) is 30.4 Å². The number of aliphatic hydroxyl groups is 1. The molecule has 0 radical (unpaired) electrons. The number of hydrogen-bond acceptors (Lipinski definition) is 6. The third-order valence-corrected chi connectivity index (χ3v) is 6.11. The lowest BCUT2D eigenvalue weighted by Gasteiger charge is -2.37. The highest BCUT2D eigenvalue weighted by atomic mass is 16.7. The molecule has 1 heterocycles. The van der Waals surface area contributed by atoms with Crippen molar-refractivity contribution in [3.63, 3.8) is 0 Å². The summed E-state index contributed by atoms with van der Waals surface area (Å²) in [5.74, 6) is 2.09. The smallest absolute Gasteiger partial charge is 0.333 e. The molecule has 1 aliphatic heterocycles. The fraction of sp³-hybridized carbons (Fsp3) is 0.625. The summed E-state index contributed by atoms with van der Waals surface area (Å²) in [6.07, 6.45) is 4.70. The van der Waals surface area contributed by atoms with Crippen molar-refractivity contribution in [2.45, 2.75) is 52.4 Å². The van der Waals surface area contributed by atoms with E-state index in [0.717, 1.165) is 11.5 Å². The van der Waals surface area contributed by atoms with Crippen LogP contribution in [-0.2, 0) is 25.6 Å². The molecule has 6 heteroatoms. The summed E-state index contributed by atoms with van der Waals surface area (Å²) in [6.45, 7) is 9.04. The van der Waals surface area contributed by atoms with Crippen LogP contribution in [0.25, 0.3) is 0 Å². The molecule has 0 bridgehead atoms. The van der Waals surface area contributed by atoms with Gasteiger partial charge in [0, 0.05) is 22.6 Å². The fourth-order valence-corrected chi connectivity index (χ4v) is 4.13. The number of aliphatic hydroxyl groups excluding tert-OH is 1. The van der Waals surface area contributed by atoms with Gasteiger partial charge in [0.05, 0.1) is 19.8 Å². The van der Waals surface area contributed by atoms with E-state index in [4.69, 9.17) is 18.9 Å². The molecule has 0 atom stereocenters. The van der Waals surface area contributed by atoms with Crippen LogP contribution in [0.4, 0.5) is 0 Å². The van der Waals surface area contributed by atoms with Crippen LogP contribution in [0, 0.1) is 17.8 Å². The quantitative estimate of drug-likeness (QED) is 0.388. The first-order chi connectivity index (χ1) is 14.5. The number of carbonyl (C=O) groups excluding carboxylic acids is 1. The van der Waals surface area contributed by atoms with Gasteiger partial charge in [-0.1, -0.05) is 38.5 Å². The predicted octanol–water partition coefficient (Wildman–Crippen LogP) is 4.16. The van der Waals surface area contributed by atoms with Crippen LogP contribution in [-0.4, -0.2) is 37.5 Å². The largest absolute Gasteiger partial charge is 0.490 e. The molecule has 3 rings (SSSR count). The number of ether oxygens (including phenoxy) is 4. The van der Waals surface area contributed by atoms with Crippen molar-refractivity contribution in [3.8, 4) is 5.75 Å². The first-order valence-corrected chi connectivity index (χ1v) is 10.9. The highest BCUT2D eigenvalue weighted by Gasteiger charge is 2.31. The zero-order chi connectivity index (χ0) is 21.5.